The molecule has 0 rings (SSSR count). The molecule has 12 heavy (non-hydrogen) atoms. The zero-order chi connectivity index (χ0) is 9.40. The van der Waals surface area contributed by atoms with Crippen molar-refractivity contribution in [2.45, 2.75) is 18.9 Å². The summed E-state index contributed by atoms with van der Waals surface area (Å²) in [5, 5.41) is 8.63. The molecule has 0 unspecified atom stereocenters. The van der Waals surface area contributed by atoms with Gasteiger partial charge in [0.05, 0.1) is 0 Å². The molecule has 0 radical (unpaired) electrons. The second kappa shape index (κ2) is 6.75. The van der Waals surface area contributed by atoms with Crippen LogP contribution < -0.4 is 11.5 Å². The fourth-order valence-corrected chi connectivity index (χ4v) is 0.761. The van der Waals surface area contributed by atoms with Gasteiger partial charge in [-0.1, -0.05) is 0 Å². The van der Waals surface area contributed by atoms with Gasteiger partial charge in [0.1, 0.15) is 6.04 Å². The maximum Gasteiger partial charge on any atom is 0.328 e. The van der Waals surface area contributed by atoms with Crippen LogP contribution in [0.2, 0.25) is 0 Å². The van der Waals surface area contributed by atoms with E-state index in [-0.39, 0.29) is 6.54 Å². The molecular formula is C7H15N3O2. The Hall–Kier alpha value is -0.940. The van der Waals surface area contributed by atoms with E-state index in [2.05, 4.69) is 4.99 Å². The van der Waals surface area contributed by atoms with Gasteiger partial charge in [0.25, 0.3) is 0 Å². The minimum atomic E-state index is -0.923. The fraction of sp³-hybridized carbons (Fsp3) is 0.714. The number of carboxylic acid groups (broad SMARTS) is 1. The molecular weight excluding hydrogens is 158 g/mol. The van der Waals surface area contributed by atoms with Gasteiger partial charge in [0.2, 0.25) is 0 Å². The summed E-state index contributed by atoms with van der Waals surface area (Å²) in [5.41, 5.74) is 10.4. The van der Waals surface area contributed by atoms with Crippen molar-refractivity contribution in [3.63, 3.8) is 0 Å². The Balaban J connectivity index is 3.86. The third kappa shape index (κ3) is 4.81. The van der Waals surface area contributed by atoms with Crippen LogP contribution in [0, 0.1) is 0 Å². The average molecular weight is 173 g/mol. The Kier molecular flexibility index (Phi) is 6.22. The average Bonchev–Trinajstić information content (AvgIpc) is 2.04. The van der Waals surface area contributed by atoms with Crippen molar-refractivity contribution in [2.24, 2.45) is 16.5 Å². The summed E-state index contributed by atoms with van der Waals surface area (Å²) in [7, 11) is 0. The van der Waals surface area contributed by atoms with E-state index in [0.29, 0.717) is 19.4 Å². The summed E-state index contributed by atoms with van der Waals surface area (Å²) in [6.45, 7) is 0.758. The predicted molar refractivity (Wildman–Crippen MR) is 47.3 cm³/mol. The highest BCUT2D eigenvalue weighted by molar-refractivity contribution is 5.76. The quantitative estimate of drug-likeness (QED) is 0.458. The standard InChI is InChI=1S/C7H15N3O2/c8-3-1-2-6(7(11)12)10-5-4-9/h5-6H,1-4,8-9H2,(H,11,12)/t6-/m0/s1. The molecule has 0 aliphatic carbocycles. The van der Waals surface area contributed by atoms with E-state index in [0.717, 1.165) is 0 Å². The molecule has 0 aromatic heterocycles. The Morgan fingerprint density at radius 3 is 2.67 bits per heavy atom. The molecule has 5 N–H and O–H groups in total. The van der Waals surface area contributed by atoms with E-state index in [1.54, 1.807) is 0 Å². The molecule has 0 aromatic carbocycles. The highest BCUT2D eigenvalue weighted by atomic mass is 16.4. The first-order valence-electron chi connectivity index (χ1n) is 3.87. The highest BCUT2D eigenvalue weighted by Gasteiger charge is 2.13. The van der Waals surface area contributed by atoms with Gasteiger partial charge in [-0.15, -0.1) is 0 Å². The molecule has 0 heterocycles. The van der Waals surface area contributed by atoms with Crippen molar-refractivity contribution in [3.8, 4) is 0 Å². The monoisotopic (exact) mass is 173 g/mol. The van der Waals surface area contributed by atoms with E-state index < -0.39 is 12.0 Å². The van der Waals surface area contributed by atoms with Crippen molar-refractivity contribution < 1.29 is 9.90 Å². The Bertz CT molecular complexity index is 159. The van der Waals surface area contributed by atoms with Crippen LogP contribution in [-0.4, -0.2) is 36.4 Å². The maximum atomic E-state index is 10.5. The van der Waals surface area contributed by atoms with Gasteiger partial charge in [-0.2, -0.15) is 0 Å². The van der Waals surface area contributed by atoms with Crippen molar-refractivity contribution in [1.82, 2.24) is 0 Å². The summed E-state index contributed by atoms with van der Waals surface area (Å²) in [6.07, 6.45) is 2.55. The van der Waals surface area contributed by atoms with Gasteiger partial charge in [-0.3, -0.25) is 4.99 Å². The first-order valence-corrected chi connectivity index (χ1v) is 3.87. The minimum absolute atomic E-state index is 0.270. The van der Waals surface area contributed by atoms with E-state index >= 15 is 0 Å². The number of nitrogens with zero attached hydrogens (tertiary/aromatic N) is 1. The fourth-order valence-electron chi connectivity index (χ4n) is 0.761. The summed E-state index contributed by atoms with van der Waals surface area (Å²) in [6, 6.07) is -0.683. The third-order valence-electron chi connectivity index (χ3n) is 1.36. The molecule has 1 atom stereocenters. The molecule has 0 aromatic rings. The molecule has 0 aliphatic rings. The lowest BCUT2D eigenvalue weighted by molar-refractivity contribution is -0.138. The summed E-state index contributed by atoms with van der Waals surface area (Å²) < 4.78 is 0. The molecule has 0 fully saturated rings. The lowest BCUT2D eigenvalue weighted by Crippen LogP contribution is -2.20. The van der Waals surface area contributed by atoms with Gasteiger partial charge in [0, 0.05) is 12.8 Å². The number of aliphatic imine (C=N–C) groups is 1. The minimum Gasteiger partial charge on any atom is -0.480 e. The smallest absolute Gasteiger partial charge is 0.328 e. The molecule has 0 saturated heterocycles. The number of nitrogens with two attached hydrogens (primary N) is 2. The molecule has 0 amide bonds. The van der Waals surface area contributed by atoms with Crippen LogP contribution in [-0.2, 0) is 4.79 Å². The first-order chi connectivity index (χ1) is 5.72. The van der Waals surface area contributed by atoms with Crippen molar-refractivity contribution in [1.29, 1.82) is 0 Å². The number of hydrogen-bond acceptors (Lipinski definition) is 4. The van der Waals surface area contributed by atoms with E-state index in [1.165, 1.54) is 6.21 Å². The second-order valence-corrected chi connectivity index (χ2v) is 2.35. The summed E-state index contributed by atoms with van der Waals surface area (Å²) >= 11 is 0. The van der Waals surface area contributed by atoms with Crippen LogP contribution in [0.4, 0.5) is 0 Å². The van der Waals surface area contributed by atoms with Crippen LogP contribution >= 0.6 is 0 Å². The zero-order valence-corrected chi connectivity index (χ0v) is 6.94. The molecule has 0 aliphatic heterocycles. The predicted octanol–water partition coefficient (Wildman–Crippen LogP) is -0.792. The van der Waals surface area contributed by atoms with Crippen LogP contribution in [0.5, 0.6) is 0 Å². The Morgan fingerprint density at radius 2 is 2.25 bits per heavy atom. The lowest BCUT2D eigenvalue weighted by Gasteiger charge is -2.04. The van der Waals surface area contributed by atoms with Gasteiger partial charge >= 0.3 is 5.97 Å². The first kappa shape index (κ1) is 11.1. The van der Waals surface area contributed by atoms with Gasteiger partial charge in [-0.05, 0) is 19.4 Å². The highest BCUT2D eigenvalue weighted by Crippen LogP contribution is 2.00. The Labute approximate surface area is 71.5 Å². The maximum absolute atomic E-state index is 10.5. The topological polar surface area (TPSA) is 102 Å². The number of carbonyl (C=O) groups is 1. The normalized spacial score (nSPS) is 13.5. The van der Waals surface area contributed by atoms with Gasteiger partial charge in [-0.25, -0.2) is 4.79 Å². The van der Waals surface area contributed by atoms with E-state index in [4.69, 9.17) is 16.6 Å². The molecule has 0 saturated carbocycles. The SMILES string of the molecule is NCC=N[C@@H](CCCN)C(=O)O. The number of aliphatic carboxylic acids is 1. The Morgan fingerprint density at radius 1 is 1.58 bits per heavy atom. The number of carboxylic acids is 1. The molecule has 0 bridgehead atoms. The van der Waals surface area contributed by atoms with Crippen LogP contribution in [0.1, 0.15) is 12.8 Å². The second-order valence-electron chi connectivity index (χ2n) is 2.35. The molecule has 0 spiro atoms. The van der Waals surface area contributed by atoms with E-state index in [1.807, 2.05) is 0 Å². The lowest BCUT2D eigenvalue weighted by atomic mass is 10.2. The van der Waals surface area contributed by atoms with E-state index in [9.17, 15) is 4.79 Å². The van der Waals surface area contributed by atoms with Gasteiger partial charge < -0.3 is 16.6 Å². The molecule has 70 valence electrons. The van der Waals surface area contributed by atoms with Gasteiger partial charge in [0.15, 0.2) is 0 Å². The van der Waals surface area contributed by atoms with Crippen molar-refractivity contribution in [2.75, 3.05) is 13.1 Å². The summed E-state index contributed by atoms with van der Waals surface area (Å²) in [5.74, 6) is -0.923. The number of rotatable bonds is 6. The summed E-state index contributed by atoms with van der Waals surface area (Å²) in [4.78, 5) is 14.3. The van der Waals surface area contributed by atoms with Crippen LogP contribution in [0.15, 0.2) is 4.99 Å². The third-order valence-corrected chi connectivity index (χ3v) is 1.36. The van der Waals surface area contributed by atoms with Crippen molar-refractivity contribution in [3.05, 3.63) is 0 Å². The largest absolute Gasteiger partial charge is 0.480 e. The molecule has 5 nitrogen and oxygen atoms in total. The number of hydrogen-bond donors (Lipinski definition) is 3. The molecule has 5 heteroatoms. The zero-order valence-electron chi connectivity index (χ0n) is 6.94. The van der Waals surface area contributed by atoms with Crippen LogP contribution in [0.3, 0.4) is 0 Å². The van der Waals surface area contributed by atoms with Crippen LogP contribution in [0.25, 0.3) is 0 Å². The van der Waals surface area contributed by atoms with Crippen molar-refractivity contribution >= 4 is 12.2 Å².